The highest BCUT2D eigenvalue weighted by atomic mass is 16.2. The topological polar surface area (TPSA) is 109 Å². The number of carbonyl (C=O) groups excluding carboxylic acids is 2. The summed E-state index contributed by atoms with van der Waals surface area (Å²) in [5, 5.41) is 10.2. The van der Waals surface area contributed by atoms with Crippen LogP contribution in [0.2, 0.25) is 0 Å². The van der Waals surface area contributed by atoms with Crippen molar-refractivity contribution >= 4 is 34.6 Å². The molecule has 2 aromatic heterocycles. The van der Waals surface area contributed by atoms with Crippen molar-refractivity contribution in [3.8, 4) is 11.1 Å². The van der Waals surface area contributed by atoms with Gasteiger partial charge in [-0.3, -0.25) is 14.4 Å². The maximum absolute atomic E-state index is 13.0. The van der Waals surface area contributed by atoms with Crippen LogP contribution in [0.25, 0.3) is 11.1 Å². The van der Waals surface area contributed by atoms with Gasteiger partial charge in [-0.05, 0) is 18.9 Å². The lowest BCUT2D eigenvalue weighted by Gasteiger charge is -2.31. The number of para-hydroxylation sites is 1. The average Bonchev–Trinajstić information content (AvgIpc) is 3.66. The van der Waals surface area contributed by atoms with E-state index in [1.165, 1.54) is 16.9 Å². The number of rotatable bonds is 6. The van der Waals surface area contributed by atoms with Crippen molar-refractivity contribution in [1.29, 1.82) is 0 Å². The Morgan fingerprint density at radius 3 is 2.79 bits per heavy atom. The zero-order valence-corrected chi connectivity index (χ0v) is 18.9. The number of aromatic nitrogens is 3. The molecule has 1 fully saturated rings. The summed E-state index contributed by atoms with van der Waals surface area (Å²) in [6.07, 6.45) is 3.96. The van der Waals surface area contributed by atoms with E-state index in [0.717, 1.165) is 24.1 Å². The van der Waals surface area contributed by atoms with E-state index >= 15 is 0 Å². The third-order valence-electron chi connectivity index (χ3n) is 6.14. The number of amides is 1. The maximum Gasteiger partial charge on any atom is 0.274 e. The smallest absolute Gasteiger partial charge is 0.274 e. The normalized spacial score (nSPS) is 15.9. The number of carbonyl (C=O) groups is 2. The van der Waals surface area contributed by atoms with Crippen molar-refractivity contribution < 1.29 is 13.7 Å². The lowest BCUT2D eigenvalue weighted by Crippen LogP contribution is -2.30. The zero-order valence-electron chi connectivity index (χ0n) is 21.9. The first kappa shape index (κ1) is 18.4. The van der Waals surface area contributed by atoms with Crippen molar-refractivity contribution in [3.63, 3.8) is 0 Å². The Bertz CT molecular complexity index is 1480. The lowest BCUT2D eigenvalue weighted by atomic mass is 9.95. The minimum Gasteiger partial charge on any atom is -0.368 e. The van der Waals surface area contributed by atoms with E-state index in [4.69, 9.17) is 4.11 Å². The van der Waals surface area contributed by atoms with E-state index in [-0.39, 0.29) is 28.8 Å². The number of ketones is 1. The van der Waals surface area contributed by atoms with Crippen LogP contribution in [0.15, 0.2) is 41.5 Å². The molecule has 1 aromatic carbocycles. The molecule has 3 heterocycles. The van der Waals surface area contributed by atoms with Crippen molar-refractivity contribution in [2.75, 3.05) is 22.6 Å². The number of benzene rings is 1. The van der Waals surface area contributed by atoms with Crippen molar-refractivity contribution in [1.82, 2.24) is 14.8 Å². The molecular formula is C25H26N6O3. The van der Waals surface area contributed by atoms with E-state index in [9.17, 15) is 14.4 Å². The monoisotopic (exact) mass is 461 g/mol. The van der Waals surface area contributed by atoms with Crippen LogP contribution in [-0.2, 0) is 18.4 Å². The van der Waals surface area contributed by atoms with Gasteiger partial charge in [0, 0.05) is 60.5 Å². The first-order valence-corrected chi connectivity index (χ1v) is 11.0. The molecule has 1 aliphatic heterocycles. The van der Waals surface area contributed by atoms with Crippen LogP contribution in [-0.4, -0.2) is 33.5 Å². The first-order chi connectivity index (χ1) is 17.5. The molecule has 174 valence electrons. The Kier molecular flexibility index (Phi) is 4.55. The third kappa shape index (κ3) is 3.83. The Morgan fingerprint density at radius 1 is 1.21 bits per heavy atom. The van der Waals surface area contributed by atoms with Crippen LogP contribution in [0.4, 0.5) is 22.9 Å². The van der Waals surface area contributed by atoms with Crippen LogP contribution in [0.1, 0.15) is 46.1 Å². The SMILES string of the molecule is [2H]C([2H])([2H])CC(=O)c1cnc(NC(=O)C2CC2)cc1Nc1cccc2c1N(C)Cc1cnn(C)c(=O)c1-2. The number of fused-ring (bicyclic) bond motifs is 3. The summed E-state index contributed by atoms with van der Waals surface area (Å²) in [4.78, 5) is 44.4. The van der Waals surface area contributed by atoms with Crippen molar-refractivity contribution in [2.45, 2.75) is 32.7 Å². The molecule has 0 radical (unpaired) electrons. The Balaban J connectivity index is 1.58. The number of anilines is 4. The van der Waals surface area contributed by atoms with E-state index < -0.39 is 19.1 Å². The van der Waals surface area contributed by atoms with Gasteiger partial charge in [0.1, 0.15) is 5.82 Å². The van der Waals surface area contributed by atoms with Crippen molar-refractivity contribution in [3.05, 3.63) is 58.1 Å². The second kappa shape index (κ2) is 8.40. The molecule has 0 atom stereocenters. The molecule has 9 nitrogen and oxygen atoms in total. The molecule has 34 heavy (non-hydrogen) atoms. The van der Waals surface area contributed by atoms with E-state index in [1.54, 1.807) is 19.3 Å². The van der Waals surface area contributed by atoms with Crippen LogP contribution in [0.3, 0.4) is 0 Å². The van der Waals surface area contributed by atoms with Gasteiger partial charge in [-0.1, -0.05) is 19.0 Å². The summed E-state index contributed by atoms with van der Waals surface area (Å²) in [5.41, 5.74) is 3.61. The van der Waals surface area contributed by atoms with Crippen molar-refractivity contribution in [2.24, 2.45) is 13.0 Å². The third-order valence-corrected chi connectivity index (χ3v) is 6.14. The summed E-state index contributed by atoms with van der Waals surface area (Å²) in [6, 6.07) is 6.99. The average molecular weight is 462 g/mol. The predicted molar refractivity (Wildman–Crippen MR) is 131 cm³/mol. The maximum atomic E-state index is 13.0. The molecule has 1 saturated carbocycles. The second-order valence-corrected chi connectivity index (χ2v) is 8.63. The minimum atomic E-state index is -2.45. The summed E-state index contributed by atoms with van der Waals surface area (Å²) in [7, 11) is 3.49. The molecule has 0 unspecified atom stereocenters. The van der Waals surface area contributed by atoms with E-state index in [1.807, 2.05) is 24.1 Å². The van der Waals surface area contributed by atoms with Gasteiger partial charge >= 0.3 is 0 Å². The fourth-order valence-electron chi connectivity index (χ4n) is 4.24. The second-order valence-electron chi connectivity index (χ2n) is 8.63. The summed E-state index contributed by atoms with van der Waals surface area (Å²) in [6.45, 7) is -1.99. The molecule has 3 aromatic rings. The van der Waals surface area contributed by atoms with Crippen LogP contribution in [0.5, 0.6) is 0 Å². The minimum absolute atomic E-state index is 0.0398. The van der Waals surface area contributed by atoms with E-state index in [2.05, 4.69) is 20.7 Å². The fourth-order valence-corrected chi connectivity index (χ4v) is 4.24. The molecular weight excluding hydrogens is 432 g/mol. The van der Waals surface area contributed by atoms with Crippen LogP contribution < -0.4 is 21.1 Å². The van der Waals surface area contributed by atoms with Crippen LogP contribution in [0, 0.1) is 5.92 Å². The number of nitrogens with one attached hydrogen (secondary N) is 2. The number of hydrogen-bond acceptors (Lipinski definition) is 7. The van der Waals surface area contributed by atoms with Gasteiger partial charge in [0.25, 0.3) is 5.56 Å². The number of hydrogen-bond donors (Lipinski definition) is 2. The molecule has 9 heteroatoms. The molecule has 0 bridgehead atoms. The van der Waals surface area contributed by atoms with E-state index in [0.29, 0.717) is 29.0 Å². The molecule has 1 amide bonds. The van der Waals surface area contributed by atoms with Crippen LogP contribution >= 0.6 is 0 Å². The van der Waals surface area contributed by atoms with Gasteiger partial charge in [0.05, 0.1) is 34.4 Å². The Morgan fingerprint density at radius 2 is 2.03 bits per heavy atom. The first-order valence-electron chi connectivity index (χ1n) is 12.5. The standard InChI is InChI=1S/C25H26N6O3/c1-4-20(32)17-12-26-21(29-24(33)14-8-9-14)10-19(17)28-18-7-5-6-16-22-15(13-30(2)23(16)18)11-27-31(3)25(22)34/h5-7,10-12,14H,4,8-9,13H2,1-3H3,(H2,26,28,29,33)/i1D3. The Hall–Kier alpha value is -4.01. The van der Waals surface area contributed by atoms with Gasteiger partial charge in [-0.15, -0.1) is 0 Å². The summed E-state index contributed by atoms with van der Waals surface area (Å²) < 4.78 is 23.9. The predicted octanol–water partition coefficient (Wildman–Crippen LogP) is 3.48. The lowest BCUT2D eigenvalue weighted by molar-refractivity contribution is -0.117. The Labute approximate surface area is 201 Å². The largest absolute Gasteiger partial charge is 0.368 e. The van der Waals surface area contributed by atoms with Gasteiger partial charge in [0.15, 0.2) is 5.78 Å². The number of aryl methyl sites for hydroxylation is 1. The van der Waals surface area contributed by atoms with Gasteiger partial charge in [-0.2, -0.15) is 5.10 Å². The fraction of sp³-hybridized carbons (Fsp3) is 0.320. The van der Waals surface area contributed by atoms with Gasteiger partial charge in [0.2, 0.25) is 5.91 Å². The highest BCUT2D eigenvalue weighted by Crippen LogP contribution is 2.42. The molecule has 5 rings (SSSR count). The highest BCUT2D eigenvalue weighted by Gasteiger charge is 2.30. The van der Waals surface area contributed by atoms with Gasteiger partial charge < -0.3 is 15.5 Å². The summed E-state index contributed by atoms with van der Waals surface area (Å²) in [5.74, 6) is -0.522. The molecule has 2 N–H and O–H groups in total. The molecule has 0 saturated heterocycles. The molecule has 0 spiro atoms. The molecule has 1 aliphatic carbocycles. The van der Waals surface area contributed by atoms with Gasteiger partial charge in [-0.25, -0.2) is 9.67 Å². The number of Topliss-reactive ketones (excluding diaryl/α,β-unsaturated/α-hetero) is 1. The summed E-state index contributed by atoms with van der Waals surface area (Å²) >= 11 is 0. The number of nitrogens with zero attached hydrogens (tertiary/aromatic N) is 4. The quantitative estimate of drug-likeness (QED) is 0.541. The zero-order chi connectivity index (χ0) is 26.5. The molecule has 2 aliphatic rings. The highest BCUT2D eigenvalue weighted by molar-refractivity contribution is 6.03. The number of pyridine rings is 1.